The van der Waals surface area contributed by atoms with Gasteiger partial charge >= 0.3 is 0 Å². The van der Waals surface area contributed by atoms with Gasteiger partial charge in [0, 0.05) is 11.1 Å². The van der Waals surface area contributed by atoms with Gasteiger partial charge in [0.05, 0.1) is 13.2 Å². The molecule has 0 spiro atoms. The van der Waals surface area contributed by atoms with Crippen molar-refractivity contribution >= 4 is 0 Å². The number of phenols is 2. The monoisotopic (exact) mass is 338 g/mol. The van der Waals surface area contributed by atoms with Crippen molar-refractivity contribution in [2.45, 2.75) is 79.1 Å². The first kappa shape index (κ1) is 20.5. The van der Waals surface area contributed by atoms with Gasteiger partial charge in [-0.2, -0.15) is 0 Å². The van der Waals surface area contributed by atoms with Gasteiger partial charge in [0.15, 0.2) is 11.5 Å². The molecule has 0 atom stereocenters. The molecular weight excluding hydrogens is 304 g/mol. The van der Waals surface area contributed by atoms with Crippen LogP contribution in [0.25, 0.3) is 0 Å². The van der Waals surface area contributed by atoms with Gasteiger partial charge in [0.2, 0.25) is 11.5 Å². The van der Waals surface area contributed by atoms with Crippen molar-refractivity contribution in [3.63, 3.8) is 0 Å². The third-order valence-corrected chi connectivity index (χ3v) is 4.06. The van der Waals surface area contributed by atoms with E-state index in [1.54, 1.807) is 0 Å². The summed E-state index contributed by atoms with van der Waals surface area (Å²) in [6.45, 7) is 9.47. The number of hydrogen-bond donors (Lipinski definition) is 2. The minimum atomic E-state index is -0.180. The summed E-state index contributed by atoms with van der Waals surface area (Å²) in [6.07, 6.45) is 7.26. The molecule has 24 heavy (non-hydrogen) atoms. The van der Waals surface area contributed by atoms with Crippen LogP contribution >= 0.6 is 0 Å². The Hall–Kier alpha value is -1.58. The van der Waals surface area contributed by atoms with Gasteiger partial charge in [-0.05, 0) is 25.7 Å². The fraction of sp³-hybridized carbons (Fsp3) is 0.700. The van der Waals surface area contributed by atoms with E-state index in [9.17, 15) is 10.2 Å². The molecule has 0 heterocycles. The second kappa shape index (κ2) is 11.1. The van der Waals surface area contributed by atoms with Crippen molar-refractivity contribution in [1.29, 1.82) is 0 Å². The van der Waals surface area contributed by atoms with Crippen molar-refractivity contribution in [1.82, 2.24) is 0 Å². The summed E-state index contributed by atoms with van der Waals surface area (Å²) in [4.78, 5) is 0. The van der Waals surface area contributed by atoms with Crippen molar-refractivity contribution in [2.24, 2.45) is 0 Å². The van der Waals surface area contributed by atoms with E-state index < -0.39 is 0 Å². The fourth-order valence-electron chi connectivity index (χ4n) is 2.73. The van der Waals surface area contributed by atoms with Crippen LogP contribution in [0.15, 0.2) is 0 Å². The molecule has 1 aromatic carbocycles. The van der Waals surface area contributed by atoms with Crippen molar-refractivity contribution in [3.8, 4) is 23.0 Å². The van der Waals surface area contributed by atoms with E-state index in [1.165, 1.54) is 0 Å². The lowest BCUT2D eigenvalue weighted by atomic mass is 9.96. The third-order valence-electron chi connectivity index (χ3n) is 4.06. The van der Waals surface area contributed by atoms with Gasteiger partial charge in [-0.25, -0.2) is 0 Å². The summed E-state index contributed by atoms with van der Waals surface area (Å²) < 4.78 is 11.8. The predicted molar refractivity (Wildman–Crippen MR) is 98.6 cm³/mol. The predicted octanol–water partition coefficient (Wildman–Crippen LogP) is 5.36. The molecule has 2 N–H and O–H groups in total. The van der Waals surface area contributed by atoms with E-state index in [0.29, 0.717) is 31.1 Å². The highest BCUT2D eigenvalue weighted by Gasteiger charge is 2.25. The molecule has 138 valence electrons. The lowest BCUT2D eigenvalue weighted by Gasteiger charge is -2.22. The first-order valence-electron chi connectivity index (χ1n) is 9.47. The van der Waals surface area contributed by atoms with E-state index in [0.717, 1.165) is 56.1 Å². The SMILES string of the molecule is CCCCOc1c(O)c(O)c(CCC)c(CCC)c1OCCCC. The topological polar surface area (TPSA) is 58.9 Å². The van der Waals surface area contributed by atoms with E-state index in [2.05, 4.69) is 27.7 Å². The van der Waals surface area contributed by atoms with Crippen molar-refractivity contribution in [2.75, 3.05) is 13.2 Å². The average molecular weight is 338 g/mol. The molecule has 0 aliphatic carbocycles. The van der Waals surface area contributed by atoms with Crippen LogP contribution in [0, 0.1) is 0 Å². The molecular formula is C20H34O4. The molecule has 4 nitrogen and oxygen atoms in total. The summed E-state index contributed by atoms with van der Waals surface area (Å²) >= 11 is 0. The third kappa shape index (κ3) is 5.22. The summed E-state index contributed by atoms with van der Waals surface area (Å²) in [6, 6.07) is 0. The number of unbranched alkanes of at least 4 members (excludes halogenated alkanes) is 2. The second-order valence-electron chi connectivity index (χ2n) is 6.22. The number of aromatic hydroxyl groups is 2. The summed E-state index contributed by atoms with van der Waals surface area (Å²) in [5.74, 6) is 0.705. The highest BCUT2D eigenvalue weighted by molar-refractivity contribution is 5.66. The lowest BCUT2D eigenvalue weighted by molar-refractivity contribution is 0.245. The Balaban J connectivity index is 3.35. The molecule has 1 aromatic rings. The molecule has 0 amide bonds. The molecule has 4 heteroatoms. The molecule has 1 rings (SSSR count). The van der Waals surface area contributed by atoms with E-state index in [4.69, 9.17) is 9.47 Å². The molecule has 0 aliphatic rings. The molecule has 0 saturated heterocycles. The molecule has 0 saturated carbocycles. The van der Waals surface area contributed by atoms with Crippen LogP contribution in [0.5, 0.6) is 23.0 Å². The summed E-state index contributed by atoms with van der Waals surface area (Å²) in [5, 5.41) is 21.0. The number of phenolic OH excluding ortho intramolecular Hbond substituents is 2. The average Bonchev–Trinajstić information content (AvgIpc) is 2.58. The van der Waals surface area contributed by atoms with Gasteiger partial charge < -0.3 is 19.7 Å². The normalized spacial score (nSPS) is 10.8. The van der Waals surface area contributed by atoms with Gasteiger partial charge in [0.1, 0.15) is 0 Å². The van der Waals surface area contributed by atoms with Gasteiger partial charge in [-0.1, -0.05) is 53.4 Å². The molecule has 0 aliphatic heterocycles. The van der Waals surface area contributed by atoms with Crippen molar-refractivity contribution < 1.29 is 19.7 Å². The van der Waals surface area contributed by atoms with Crippen molar-refractivity contribution in [3.05, 3.63) is 11.1 Å². The Kier molecular flexibility index (Phi) is 9.43. The zero-order valence-corrected chi connectivity index (χ0v) is 15.8. The summed E-state index contributed by atoms with van der Waals surface area (Å²) in [5.41, 5.74) is 1.78. The minimum absolute atomic E-state index is 0.0466. The molecule has 0 bridgehead atoms. The number of rotatable bonds is 12. The zero-order valence-electron chi connectivity index (χ0n) is 15.8. The largest absolute Gasteiger partial charge is 0.504 e. The number of hydrogen-bond acceptors (Lipinski definition) is 4. The van der Waals surface area contributed by atoms with Gasteiger partial charge in [-0.3, -0.25) is 0 Å². The number of ether oxygens (including phenoxy) is 2. The highest BCUT2D eigenvalue weighted by atomic mass is 16.5. The van der Waals surface area contributed by atoms with Gasteiger partial charge in [0.25, 0.3) is 0 Å². The van der Waals surface area contributed by atoms with E-state index in [1.807, 2.05) is 0 Å². The Morgan fingerprint density at radius 1 is 0.625 bits per heavy atom. The van der Waals surface area contributed by atoms with Crippen LogP contribution in [0.2, 0.25) is 0 Å². The van der Waals surface area contributed by atoms with Crippen LogP contribution in [0.4, 0.5) is 0 Å². The molecule has 0 radical (unpaired) electrons. The van der Waals surface area contributed by atoms with E-state index in [-0.39, 0.29) is 11.5 Å². The Labute approximate surface area is 146 Å². The Morgan fingerprint density at radius 3 is 1.62 bits per heavy atom. The van der Waals surface area contributed by atoms with Crippen LogP contribution < -0.4 is 9.47 Å². The first-order valence-corrected chi connectivity index (χ1v) is 9.47. The smallest absolute Gasteiger partial charge is 0.207 e. The van der Waals surface area contributed by atoms with Crippen LogP contribution in [0.1, 0.15) is 77.3 Å². The maximum absolute atomic E-state index is 10.5. The molecule has 0 aromatic heterocycles. The molecule has 0 fully saturated rings. The molecule has 0 unspecified atom stereocenters. The van der Waals surface area contributed by atoms with Crippen LogP contribution in [-0.4, -0.2) is 23.4 Å². The highest BCUT2D eigenvalue weighted by Crippen LogP contribution is 2.49. The Bertz CT molecular complexity index is 497. The van der Waals surface area contributed by atoms with Crippen LogP contribution in [-0.2, 0) is 12.8 Å². The zero-order chi connectivity index (χ0) is 17.9. The van der Waals surface area contributed by atoms with Gasteiger partial charge in [-0.15, -0.1) is 0 Å². The first-order chi connectivity index (χ1) is 11.6. The quantitative estimate of drug-likeness (QED) is 0.398. The van der Waals surface area contributed by atoms with E-state index >= 15 is 0 Å². The minimum Gasteiger partial charge on any atom is -0.504 e. The summed E-state index contributed by atoms with van der Waals surface area (Å²) in [7, 11) is 0. The van der Waals surface area contributed by atoms with Crippen LogP contribution in [0.3, 0.4) is 0 Å². The fourth-order valence-corrected chi connectivity index (χ4v) is 2.73. The second-order valence-corrected chi connectivity index (χ2v) is 6.22. The standard InChI is InChI=1S/C20H34O4/c1-5-9-13-23-19-16(12-8-4)15(11-7-3)17(21)18(22)20(19)24-14-10-6-2/h21-22H,5-14H2,1-4H3. The maximum atomic E-state index is 10.5. The Morgan fingerprint density at radius 2 is 1.12 bits per heavy atom. The lowest BCUT2D eigenvalue weighted by Crippen LogP contribution is -2.08. The number of benzene rings is 1. The maximum Gasteiger partial charge on any atom is 0.207 e.